The first-order chi connectivity index (χ1) is 32.5. The van der Waals surface area contributed by atoms with E-state index in [9.17, 15) is 0 Å². The highest BCUT2D eigenvalue weighted by Crippen LogP contribution is 2.19. The topological polar surface area (TPSA) is 0 Å². The summed E-state index contributed by atoms with van der Waals surface area (Å²) in [6.07, 6.45) is 0. The van der Waals surface area contributed by atoms with Gasteiger partial charge in [0, 0.05) is 0 Å². The minimum Gasteiger partial charge on any atom is -0.106 e. The molecule has 0 aliphatic carbocycles. The quantitative estimate of drug-likeness (QED) is 0.0772. The zero-order valence-corrected chi connectivity index (χ0v) is 41.4. The highest BCUT2D eigenvalue weighted by Gasteiger charge is 2.51. The molecule has 9 aromatic carbocycles. The van der Waals surface area contributed by atoms with Crippen LogP contribution in [0.3, 0.4) is 0 Å². The van der Waals surface area contributed by atoms with E-state index in [1.165, 1.54) is 62.2 Å². The minimum atomic E-state index is -3.18. The molecule has 0 saturated heterocycles. The second kappa shape index (κ2) is 19.1. The molecular formula is C62H54Si4. The molecule has 66 heavy (non-hydrogen) atoms. The zero-order valence-electron chi connectivity index (χ0n) is 37.4. The molecule has 0 aliphatic rings. The van der Waals surface area contributed by atoms with Crippen LogP contribution in [-0.4, -0.2) is 32.3 Å². The molecule has 0 atom stereocenters. The van der Waals surface area contributed by atoms with E-state index < -0.39 is 32.3 Å². The summed E-state index contributed by atoms with van der Waals surface area (Å²) in [4.78, 5) is 0. The van der Waals surface area contributed by atoms with Crippen molar-refractivity contribution in [3.8, 4) is 0 Å². The SMILES string of the molecule is C=C[Si](c1ccccc1)(c1ccccc1)c1cc([Si](C=C)(c2ccccc2)c2ccccc2)c([Si](C=C)(c2ccccc2)c2ccccc2)cc1[Si](C=C)(c1ccccc1)c1ccccc1. The summed E-state index contributed by atoms with van der Waals surface area (Å²) in [7, 11) is -12.7. The molecule has 0 fully saturated rings. The maximum atomic E-state index is 4.90. The smallest absolute Gasteiger partial charge is 0.106 e. The van der Waals surface area contributed by atoms with Crippen molar-refractivity contribution in [3.05, 3.63) is 304 Å². The summed E-state index contributed by atoms with van der Waals surface area (Å²) in [5.41, 5.74) is 9.36. The van der Waals surface area contributed by atoms with Gasteiger partial charge in [-0.15, -0.1) is 26.3 Å². The maximum absolute atomic E-state index is 4.90. The Kier molecular flexibility index (Phi) is 12.7. The van der Waals surface area contributed by atoms with E-state index in [2.05, 4.69) is 278 Å². The third-order valence-electron chi connectivity index (χ3n) is 13.9. The standard InChI is InChI=1S/C62H54Si4/c1-5-63(51-33-17-9-18-34-51,52-35-19-10-20-36-52)59-49-61(65(7-3,55-41-25-13-26-42-55)56-43-27-14-28-44-56)62(66(8-4,57-45-29-15-30-46-57)58-47-31-16-32-48-58)50-60(59)64(6-2,53-37-21-11-22-38-53)54-39-23-12-24-40-54/h5-50H,1-4H2. The van der Waals surface area contributed by atoms with Gasteiger partial charge in [-0.2, -0.15) is 0 Å². The molecule has 0 radical (unpaired) electrons. The lowest BCUT2D eigenvalue weighted by Gasteiger charge is -2.44. The fraction of sp³-hybridized carbons (Fsp3) is 0. The van der Waals surface area contributed by atoms with E-state index in [4.69, 9.17) is 26.3 Å². The summed E-state index contributed by atoms with van der Waals surface area (Å²) in [5.74, 6) is 0. The molecule has 0 unspecified atom stereocenters. The van der Waals surface area contributed by atoms with Gasteiger partial charge >= 0.3 is 0 Å². The van der Waals surface area contributed by atoms with Crippen LogP contribution in [0.15, 0.2) is 304 Å². The molecule has 0 bridgehead atoms. The Morgan fingerprint density at radius 1 is 0.197 bits per heavy atom. The van der Waals surface area contributed by atoms with Crippen molar-refractivity contribution in [3.63, 3.8) is 0 Å². The third-order valence-corrected chi connectivity index (χ3v) is 31.9. The Bertz CT molecular complexity index is 2490. The van der Waals surface area contributed by atoms with E-state index in [0.717, 1.165) is 0 Å². The van der Waals surface area contributed by atoms with Gasteiger partial charge in [0.15, 0.2) is 32.3 Å². The predicted octanol–water partition coefficient (Wildman–Crippen LogP) is 6.47. The lowest BCUT2D eigenvalue weighted by molar-refractivity contribution is 1.67. The summed E-state index contributed by atoms with van der Waals surface area (Å²) in [5, 5.41) is 15.5. The average molecular weight is 911 g/mol. The van der Waals surface area contributed by atoms with Crippen molar-refractivity contribution in [2.45, 2.75) is 0 Å². The molecule has 0 amide bonds. The fourth-order valence-corrected chi connectivity index (χ4v) is 29.3. The van der Waals surface area contributed by atoms with Gasteiger partial charge in [0.2, 0.25) is 0 Å². The highest BCUT2D eigenvalue weighted by molar-refractivity contribution is 7.25. The molecular weight excluding hydrogens is 857 g/mol. The van der Waals surface area contributed by atoms with Crippen molar-refractivity contribution in [1.82, 2.24) is 0 Å². The third kappa shape index (κ3) is 7.20. The van der Waals surface area contributed by atoms with Crippen molar-refractivity contribution < 1.29 is 0 Å². The van der Waals surface area contributed by atoms with E-state index in [-0.39, 0.29) is 0 Å². The normalized spacial score (nSPS) is 11.9. The molecule has 318 valence electrons. The molecule has 0 N–H and O–H groups in total. The van der Waals surface area contributed by atoms with Crippen molar-refractivity contribution in [1.29, 1.82) is 0 Å². The van der Waals surface area contributed by atoms with E-state index in [1.807, 2.05) is 0 Å². The van der Waals surface area contributed by atoms with Crippen molar-refractivity contribution in [2.75, 3.05) is 0 Å². The minimum absolute atomic E-state index is 1.28. The molecule has 9 aromatic rings. The zero-order chi connectivity index (χ0) is 45.5. The van der Waals surface area contributed by atoms with Gasteiger partial charge in [-0.25, -0.2) is 0 Å². The summed E-state index contributed by atoms with van der Waals surface area (Å²) in [6.45, 7) is 19.6. The van der Waals surface area contributed by atoms with Gasteiger partial charge in [0.25, 0.3) is 0 Å². The Morgan fingerprint density at radius 3 is 0.424 bits per heavy atom. The van der Waals surface area contributed by atoms with Crippen LogP contribution < -0.4 is 62.2 Å². The summed E-state index contributed by atoms with van der Waals surface area (Å²) < 4.78 is 0. The monoisotopic (exact) mass is 910 g/mol. The number of hydrogen-bond donors (Lipinski definition) is 0. The van der Waals surface area contributed by atoms with Crippen molar-refractivity contribution >= 4 is 94.5 Å². The van der Waals surface area contributed by atoms with Crippen LogP contribution in [-0.2, 0) is 0 Å². The van der Waals surface area contributed by atoms with Crippen LogP contribution >= 0.6 is 0 Å². The number of rotatable bonds is 16. The van der Waals surface area contributed by atoms with E-state index >= 15 is 0 Å². The molecule has 0 heterocycles. The van der Waals surface area contributed by atoms with Gasteiger partial charge in [0.05, 0.1) is 0 Å². The number of benzene rings is 9. The van der Waals surface area contributed by atoms with Gasteiger partial charge in [-0.3, -0.25) is 0 Å². The molecule has 0 aromatic heterocycles. The van der Waals surface area contributed by atoms with Gasteiger partial charge in [-0.1, -0.05) is 278 Å². The van der Waals surface area contributed by atoms with Gasteiger partial charge < -0.3 is 0 Å². The Morgan fingerprint density at radius 2 is 0.318 bits per heavy atom. The lowest BCUT2D eigenvalue weighted by Crippen LogP contribution is -2.83. The maximum Gasteiger partial charge on any atom is 0.171 e. The van der Waals surface area contributed by atoms with Crippen LogP contribution in [0.25, 0.3) is 0 Å². The Hall–Kier alpha value is -7.19. The van der Waals surface area contributed by atoms with Crippen LogP contribution in [0, 0.1) is 0 Å². The molecule has 9 rings (SSSR count). The van der Waals surface area contributed by atoms with Crippen LogP contribution in [0.1, 0.15) is 0 Å². The van der Waals surface area contributed by atoms with Gasteiger partial charge in [0.1, 0.15) is 0 Å². The largest absolute Gasteiger partial charge is 0.171 e. The van der Waals surface area contributed by atoms with Crippen molar-refractivity contribution in [2.24, 2.45) is 0 Å². The van der Waals surface area contributed by atoms with E-state index in [1.54, 1.807) is 0 Å². The first kappa shape index (κ1) is 44.0. The second-order valence-corrected chi connectivity index (χ2v) is 31.8. The Balaban J connectivity index is 1.63. The number of hydrogen-bond acceptors (Lipinski definition) is 0. The summed E-state index contributed by atoms with van der Waals surface area (Å²) in [6, 6.07) is 95.0. The fourth-order valence-electron chi connectivity index (χ4n) is 10.8. The molecule has 0 nitrogen and oxygen atoms in total. The molecule has 0 saturated carbocycles. The highest BCUT2D eigenvalue weighted by atomic mass is 28.3. The lowest BCUT2D eigenvalue weighted by atomic mass is 10.3. The first-order valence-electron chi connectivity index (χ1n) is 22.7. The molecule has 0 spiro atoms. The second-order valence-electron chi connectivity index (χ2n) is 16.9. The summed E-state index contributed by atoms with van der Waals surface area (Å²) >= 11 is 0. The molecule has 0 aliphatic heterocycles. The van der Waals surface area contributed by atoms with Gasteiger partial charge in [-0.05, 0) is 62.2 Å². The van der Waals surface area contributed by atoms with Crippen LogP contribution in [0.5, 0.6) is 0 Å². The Labute approximate surface area is 396 Å². The van der Waals surface area contributed by atoms with Crippen LogP contribution in [0.4, 0.5) is 0 Å². The van der Waals surface area contributed by atoms with Crippen LogP contribution in [0.2, 0.25) is 0 Å². The molecule has 4 heteroatoms. The average Bonchev–Trinajstić information content (AvgIpc) is 3.41. The first-order valence-corrected chi connectivity index (χ1v) is 31.0. The van der Waals surface area contributed by atoms with E-state index in [0.29, 0.717) is 0 Å². The predicted molar refractivity (Wildman–Crippen MR) is 297 cm³/mol.